The van der Waals surface area contributed by atoms with Crippen LogP contribution in [0.2, 0.25) is 0 Å². The van der Waals surface area contributed by atoms with E-state index < -0.39 is 0 Å². The fourth-order valence-corrected chi connectivity index (χ4v) is 4.84. The molecule has 0 radical (unpaired) electrons. The minimum atomic E-state index is -0.184. The van der Waals surface area contributed by atoms with Gasteiger partial charge in [0.2, 0.25) is 5.91 Å². The van der Waals surface area contributed by atoms with E-state index >= 15 is 0 Å². The van der Waals surface area contributed by atoms with Gasteiger partial charge in [-0.3, -0.25) is 9.59 Å². The summed E-state index contributed by atoms with van der Waals surface area (Å²) in [4.78, 5) is 25.4. The predicted octanol–water partition coefficient (Wildman–Crippen LogP) is 4.04. The zero-order valence-electron chi connectivity index (χ0n) is 18.6. The van der Waals surface area contributed by atoms with E-state index in [0.717, 1.165) is 18.4 Å². The Morgan fingerprint density at radius 1 is 1.00 bits per heavy atom. The first-order valence-electron chi connectivity index (χ1n) is 11.5. The first-order chi connectivity index (χ1) is 16.7. The number of hydrogen-bond acceptors (Lipinski definition) is 7. The molecule has 0 bridgehead atoms. The maximum Gasteiger partial charge on any atom is 0.277 e. The number of hydrogen-bond donors (Lipinski definition) is 1. The Balaban J connectivity index is 1.37. The number of nitrogens with zero attached hydrogens (tertiary/aromatic N) is 4. The minimum Gasteiger partial charge on any atom is -0.409 e. The summed E-state index contributed by atoms with van der Waals surface area (Å²) in [6.45, 7) is 0.328. The van der Waals surface area contributed by atoms with Gasteiger partial charge in [0.05, 0.1) is 17.7 Å². The number of nitrogens with one attached hydrogen (secondary N) is 1. The fourth-order valence-electron chi connectivity index (χ4n) is 4.26. The van der Waals surface area contributed by atoms with Gasteiger partial charge in [0.25, 0.3) is 16.7 Å². The molecule has 5 rings (SSSR count). The standard InChI is InChI=1S/C25H25N5O3S/c31-21(26-18-11-5-2-6-12-18)16-34-25-28-27-23(33-25)22-19-13-7-8-14-20(19)24(32)30(29-22)15-17-9-3-1-4-10-17/h1,3-4,7-10,13-14,18H,2,5-6,11-12,15-16H2,(H,26,31). The Labute approximate surface area is 200 Å². The molecule has 0 spiro atoms. The fraction of sp³-hybridized carbons (Fsp3) is 0.320. The van der Waals surface area contributed by atoms with Gasteiger partial charge in [-0.05, 0) is 24.5 Å². The van der Waals surface area contributed by atoms with Crippen LogP contribution in [0.25, 0.3) is 22.4 Å². The number of amides is 1. The van der Waals surface area contributed by atoms with Gasteiger partial charge >= 0.3 is 0 Å². The molecule has 1 fully saturated rings. The van der Waals surface area contributed by atoms with Crippen LogP contribution in [0, 0.1) is 0 Å². The first-order valence-corrected chi connectivity index (χ1v) is 12.5. The van der Waals surface area contributed by atoms with Crippen molar-refractivity contribution in [1.82, 2.24) is 25.3 Å². The van der Waals surface area contributed by atoms with Gasteiger partial charge in [-0.15, -0.1) is 10.2 Å². The summed E-state index contributed by atoms with van der Waals surface area (Å²) in [5.74, 6) is 0.393. The smallest absolute Gasteiger partial charge is 0.277 e. The number of benzene rings is 2. The molecule has 0 aliphatic heterocycles. The molecule has 174 valence electrons. The van der Waals surface area contributed by atoms with Crippen molar-refractivity contribution in [2.75, 3.05) is 5.75 Å². The molecule has 34 heavy (non-hydrogen) atoms. The molecule has 4 aromatic rings. The Morgan fingerprint density at radius 3 is 2.53 bits per heavy atom. The molecule has 2 aromatic carbocycles. The van der Waals surface area contributed by atoms with Gasteiger partial charge in [0, 0.05) is 11.4 Å². The highest BCUT2D eigenvalue weighted by molar-refractivity contribution is 7.99. The number of carbonyl (C=O) groups excluding carboxylic acids is 1. The average Bonchev–Trinajstić information content (AvgIpc) is 3.35. The summed E-state index contributed by atoms with van der Waals surface area (Å²) in [5, 5.41) is 17.4. The van der Waals surface area contributed by atoms with Gasteiger partial charge < -0.3 is 9.73 Å². The molecule has 0 saturated heterocycles. The van der Waals surface area contributed by atoms with Crippen LogP contribution in [0.4, 0.5) is 0 Å². The molecular formula is C25H25N5O3S. The molecule has 1 aliphatic rings. The highest BCUT2D eigenvalue weighted by atomic mass is 32.2. The highest BCUT2D eigenvalue weighted by Gasteiger charge is 2.20. The third-order valence-corrected chi connectivity index (χ3v) is 6.77. The van der Waals surface area contributed by atoms with Crippen molar-refractivity contribution in [3.05, 3.63) is 70.5 Å². The molecule has 1 amide bonds. The van der Waals surface area contributed by atoms with Crippen molar-refractivity contribution in [1.29, 1.82) is 0 Å². The summed E-state index contributed by atoms with van der Waals surface area (Å²) in [6.07, 6.45) is 5.65. The van der Waals surface area contributed by atoms with E-state index in [1.165, 1.54) is 35.7 Å². The lowest BCUT2D eigenvalue weighted by Gasteiger charge is -2.22. The third-order valence-electron chi connectivity index (χ3n) is 5.95. The third kappa shape index (κ3) is 5.04. The topological polar surface area (TPSA) is 103 Å². The molecular weight excluding hydrogens is 450 g/mol. The molecule has 1 saturated carbocycles. The predicted molar refractivity (Wildman–Crippen MR) is 131 cm³/mol. The molecule has 8 nitrogen and oxygen atoms in total. The average molecular weight is 476 g/mol. The Hall–Kier alpha value is -3.46. The lowest BCUT2D eigenvalue weighted by molar-refractivity contribution is -0.119. The number of thioether (sulfide) groups is 1. The molecule has 9 heteroatoms. The van der Waals surface area contributed by atoms with E-state index in [-0.39, 0.29) is 29.2 Å². The number of carbonyl (C=O) groups is 1. The second-order valence-corrected chi connectivity index (χ2v) is 9.33. The number of rotatable bonds is 7. The van der Waals surface area contributed by atoms with Gasteiger partial charge in [-0.25, -0.2) is 4.68 Å². The number of aromatic nitrogens is 4. The Bertz CT molecular complexity index is 1350. The van der Waals surface area contributed by atoms with E-state index in [9.17, 15) is 9.59 Å². The zero-order chi connectivity index (χ0) is 23.3. The molecule has 1 N–H and O–H groups in total. The largest absolute Gasteiger partial charge is 0.409 e. The van der Waals surface area contributed by atoms with Crippen molar-refractivity contribution < 1.29 is 9.21 Å². The first kappa shape index (κ1) is 22.3. The SMILES string of the molecule is O=C(CSc1nnc(-c2nn(Cc3ccccc3)c(=O)c3ccccc23)o1)NC1CCCCC1. The quantitative estimate of drug-likeness (QED) is 0.403. The molecule has 2 aromatic heterocycles. The van der Waals surface area contributed by atoms with Crippen LogP contribution in [-0.4, -0.2) is 37.7 Å². The molecule has 0 unspecified atom stereocenters. The van der Waals surface area contributed by atoms with Crippen LogP contribution < -0.4 is 10.9 Å². The van der Waals surface area contributed by atoms with Crippen LogP contribution in [0.1, 0.15) is 37.7 Å². The maximum atomic E-state index is 13.0. The lowest BCUT2D eigenvalue weighted by Crippen LogP contribution is -2.37. The van der Waals surface area contributed by atoms with Gasteiger partial charge in [-0.2, -0.15) is 5.10 Å². The normalized spacial score (nSPS) is 14.4. The monoisotopic (exact) mass is 475 g/mol. The van der Waals surface area contributed by atoms with Gasteiger partial charge in [-0.1, -0.05) is 79.6 Å². The second kappa shape index (κ2) is 10.2. The van der Waals surface area contributed by atoms with E-state index in [4.69, 9.17) is 4.42 Å². The summed E-state index contributed by atoms with van der Waals surface area (Å²) < 4.78 is 7.26. The van der Waals surface area contributed by atoms with Crippen molar-refractivity contribution in [2.45, 2.75) is 49.9 Å². The Kier molecular flexibility index (Phi) is 6.71. The summed E-state index contributed by atoms with van der Waals surface area (Å²) in [5.41, 5.74) is 1.22. The summed E-state index contributed by atoms with van der Waals surface area (Å²) in [7, 11) is 0. The highest BCUT2D eigenvalue weighted by Crippen LogP contribution is 2.27. The molecule has 0 atom stereocenters. The lowest BCUT2D eigenvalue weighted by atomic mass is 9.95. The van der Waals surface area contributed by atoms with Crippen LogP contribution >= 0.6 is 11.8 Å². The van der Waals surface area contributed by atoms with Crippen molar-refractivity contribution in [3.63, 3.8) is 0 Å². The van der Waals surface area contributed by atoms with E-state index in [0.29, 0.717) is 28.2 Å². The van der Waals surface area contributed by atoms with Crippen molar-refractivity contribution in [2.24, 2.45) is 0 Å². The second-order valence-electron chi connectivity index (χ2n) is 8.41. The van der Waals surface area contributed by atoms with Crippen LogP contribution in [0.15, 0.2) is 69.0 Å². The number of fused-ring (bicyclic) bond motifs is 1. The van der Waals surface area contributed by atoms with E-state index in [1.807, 2.05) is 48.5 Å². The molecule has 2 heterocycles. The Morgan fingerprint density at radius 2 is 1.74 bits per heavy atom. The van der Waals surface area contributed by atoms with Gasteiger partial charge in [0.15, 0.2) is 5.69 Å². The summed E-state index contributed by atoms with van der Waals surface area (Å²) >= 11 is 1.20. The van der Waals surface area contributed by atoms with Crippen LogP contribution in [-0.2, 0) is 11.3 Å². The van der Waals surface area contributed by atoms with Crippen LogP contribution in [0.5, 0.6) is 0 Å². The van der Waals surface area contributed by atoms with Gasteiger partial charge in [0.1, 0.15) is 0 Å². The maximum absolute atomic E-state index is 13.0. The summed E-state index contributed by atoms with van der Waals surface area (Å²) in [6, 6.07) is 17.2. The van der Waals surface area contributed by atoms with E-state index in [2.05, 4.69) is 20.6 Å². The van der Waals surface area contributed by atoms with Crippen molar-refractivity contribution >= 4 is 28.4 Å². The van der Waals surface area contributed by atoms with Crippen LogP contribution in [0.3, 0.4) is 0 Å². The zero-order valence-corrected chi connectivity index (χ0v) is 19.5. The van der Waals surface area contributed by atoms with Crippen molar-refractivity contribution in [3.8, 4) is 11.6 Å². The molecule has 1 aliphatic carbocycles. The minimum absolute atomic E-state index is 0.0309. The van der Waals surface area contributed by atoms with E-state index in [1.54, 1.807) is 6.07 Å².